The zero-order valence-electron chi connectivity index (χ0n) is 5.91. The van der Waals surface area contributed by atoms with Crippen molar-refractivity contribution in [3.05, 3.63) is 18.0 Å². The van der Waals surface area contributed by atoms with Gasteiger partial charge in [-0.3, -0.25) is 10.1 Å². The lowest BCUT2D eigenvalue weighted by atomic mass is 10.2. The molecule has 0 aromatic carbocycles. The number of aromatic amines is 1. The van der Waals surface area contributed by atoms with E-state index in [0.717, 1.165) is 17.7 Å². The molecule has 0 amide bonds. The first-order valence-corrected chi connectivity index (χ1v) is 3.38. The molecule has 0 bridgehead atoms. The molecule has 1 aromatic heterocycles. The standard InChI is InChI=1S/C7H8N4/c8-7-3-6(10-11-7)5-1-2-9-4-5/h2-4H,1H2,(H3,8,10,11). The van der Waals surface area contributed by atoms with Crippen molar-refractivity contribution >= 4 is 17.6 Å². The van der Waals surface area contributed by atoms with Crippen molar-refractivity contribution < 1.29 is 0 Å². The molecule has 2 rings (SSSR count). The molecule has 4 nitrogen and oxygen atoms in total. The first kappa shape index (κ1) is 6.15. The number of rotatable bonds is 1. The molecule has 11 heavy (non-hydrogen) atoms. The third-order valence-corrected chi connectivity index (χ3v) is 1.57. The van der Waals surface area contributed by atoms with Gasteiger partial charge in [0.25, 0.3) is 0 Å². The number of anilines is 1. The number of aromatic nitrogens is 2. The maximum atomic E-state index is 5.46. The Balaban J connectivity index is 2.30. The minimum atomic E-state index is 0.591. The van der Waals surface area contributed by atoms with Gasteiger partial charge in [-0.05, 0) is 0 Å². The van der Waals surface area contributed by atoms with E-state index in [1.165, 1.54) is 0 Å². The number of hydrogen-bond acceptors (Lipinski definition) is 3. The molecule has 0 atom stereocenters. The molecule has 0 saturated heterocycles. The molecule has 1 aliphatic heterocycles. The smallest absolute Gasteiger partial charge is 0.119 e. The normalized spacial score (nSPS) is 15.5. The minimum absolute atomic E-state index is 0.591. The van der Waals surface area contributed by atoms with Crippen LogP contribution in [0.3, 0.4) is 0 Å². The number of nitrogens with zero attached hydrogens (tertiary/aromatic N) is 2. The monoisotopic (exact) mass is 148 g/mol. The average Bonchev–Trinajstić information content (AvgIpc) is 2.55. The summed E-state index contributed by atoms with van der Waals surface area (Å²) in [5, 5.41) is 6.68. The van der Waals surface area contributed by atoms with Crippen LogP contribution < -0.4 is 5.73 Å². The Labute approximate surface area is 63.8 Å². The Morgan fingerprint density at radius 2 is 2.45 bits per heavy atom. The maximum Gasteiger partial charge on any atom is 0.119 e. The van der Waals surface area contributed by atoms with Crippen LogP contribution in [0, 0.1) is 0 Å². The van der Waals surface area contributed by atoms with Crippen LogP contribution in [0.25, 0.3) is 5.57 Å². The highest BCUT2D eigenvalue weighted by molar-refractivity contribution is 5.83. The van der Waals surface area contributed by atoms with Gasteiger partial charge in [0.05, 0.1) is 5.69 Å². The Morgan fingerprint density at radius 1 is 1.55 bits per heavy atom. The highest BCUT2D eigenvalue weighted by Crippen LogP contribution is 2.19. The van der Waals surface area contributed by atoms with Crippen LogP contribution in [0.1, 0.15) is 12.1 Å². The predicted molar refractivity (Wildman–Crippen MR) is 44.1 cm³/mol. The summed E-state index contributed by atoms with van der Waals surface area (Å²) >= 11 is 0. The lowest BCUT2D eigenvalue weighted by molar-refractivity contribution is 1.08. The molecule has 0 unspecified atom stereocenters. The quantitative estimate of drug-likeness (QED) is 0.618. The second-order valence-corrected chi connectivity index (χ2v) is 2.40. The topological polar surface area (TPSA) is 67.1 Å². The van der Waals surface area contributed by atoms with Gasteiger partial charge >= 0.3 is 0 Å². The molecule has 0 radical (unpaired) electrons. The molecule has 2 heterocycles. The largest absolute Gasteiger partial charge is 0.384 e. The van der Waals surface area contributed by atoms with Crippen molar-refractivity contribution in [3.8, 4) is 0 Å². The summed E-state index contributed by atoms with van der Waals surface area (Å²) in [5.74, 6) is 0.591. The Morgan fingerprint density at radius 3 is 3.00 bits per heavy atom. The summed E-state index contributed by atoms with van der Waals surface area (Å²) in [7, 11) is 0. The van der Waals surface area contributed by atoms with Crippen molar-refractivity contribution in [1.82, 2.24) is 10.2 Å². The number of allylic oxidation sites excluding steroid dienone is 1. The van der Waals surface area contributed by atoms with Gasteiger partial charge in [0.2, 0.25) is 0 Å². The van der Waals surface area contributed by atoms with Gasteiger partial charge in [-0.2, -0.15) is 5.10 Å². The number of hydrogen-bond donors (Lipinski definition) is 2. The Kier molecular flexibility index (Phi) is 1.25. The summed E-state index contributed by atoms with van der Waals surface area (Å²) in [4.78, 5) is 3.97. The van der Waals surface area contributed by atoms with Gasteiger partial charge in [0.1, 0.15) is 5.82 Å². The molecular weight excluding hydrogens is 140 g/mol. The summed E-state index contributed by atoms with van der Waals surface area (Å²) < 4.78 is 0. The SMILES string of the molecule is Nc1cc(C2=CN=CC2)n[nH]1. The number of nitrogens with one attached hydrogen (secondary N) is 1. The second kappa shape index (κ2) is 2.23. The van der Waals surface area contributed by atoms with E-state index in [2.05, 4.69) is 15.2 Å². The van der Waals surface area contributed by atoms with Gasteiger partial charge < -0.3 is 5.73 Å². The molecule has 1 aliphatic rings. The number of nitrogens with two attached hydrogens (primary N) is 1. The van der Waals surface area contributed by atoms with Gasteiger partial charge in [-0.25, -0.2) is 0 Å². The van der Waals surface area contributed by atoms with Crippen molar-refractivity contribution in [2.24, 2.45) is 4.99 Å². The predicted octanol–water partition coefficient (Wildman–Crippen LogP) is 0.807. The van der Waals surface area contributed by atoms with E-state index in [9.17, 15) is 0 Å². The van der Waals surface area contributed by atoms with Crippen LogP contribution in [0.4, 0.5) is 5.82 Å². The van der Waals surface area contributed by atoms with Crippen LogP contribution in [0.2, 0.25) is 0 Å². The van der Waals surface area contributed by atoms with E-state index in [0.29, 0.717) is 5.82 Å². The van der Waals surface area contributed by atoms with E-state index in [1.54, 1.807) is 12.3 Å². The molecule has 4 heteroatoms. The van der Waals surface area contributed by atoms with Crippen LogP contribution in [0.15, 0.2) is 17.3 Å². The lowest BCUT2D eigenvalue weighted by Gasteiger charge is -1.89. The molecule has 56 valence electrons. The fourth-order valence-corrected chi connectivity index (χ4v) is 1.02. The van der Waals surface area contributed by atoms with Crippen molar-refractivity contribution in [2.45, 2.75) is 6.42 Å². The maximum absolute atomic E-state index is 5.46. The summed E-state index contributed by atoms with van der Waals surface area (Å²) in [6.07, 6.45) is 4.50. The van der Waals surface area contributed by atoms with Gasteiger partial charge in [-0.15, -0.1) is 0 Å². The Bertz CT molecular complexity index is 321. The second-order valence-electron chi connectivity index (χ2n) is 2.40. The number of H-pyrrole nitrogens is 1. The zero-order chi connectivity index (χ0) is 7.68. The van der Waals surface area contributed by atoms with Crippen LogP contribution >= 0.6 is 0 Å². The zero-order valence-corrected chi connectivity index (χ0v) is 5.91. The van der Waals surface area contributed by atoms with Crippen molar-refractivity contribution in [1.29, 1.82) is 0 Å². The summed E-state index contributed by atoms with van der Waals surface area (Å²) in [6, 6.07) is 1.81. The highest BCUT2D eigenvalue weighted by Gasteiger charge is 2.06. The third kappa shape index (κ3) is 1.02. The fraction of sp³-hybridized carbons (Fsp3) is 0.143. The van der Waals surface area contributed by atoms with Crippen LogP contribution in [0.5, 0.6) is 0 Å². The Hall–Kier alpha value is -1.58. The van der Waals surface area contributed by atoms with E-state index >= 15 is 0 Å². The number of aliphatic imine (C=N–C) groups is 1. The van der Waals surface area contributed by atoms with Crippen molar-refractivity contribution in [2.75, 3.05) is 5.73 Å². The molecule has 0 aliphatic carbocycles. The summed E-state index contributed by atoms with van der Waals surface area (Å²) in [6.45, 7) is 0. The first-order valence-electron chi connectivity index (χ1n) is 3.38. The molecule has 0 fully saturated rings. The van der Waals surface area contributed by atoms with Crippen molar-refractivity contribution in [3.63, 3.8) is 0 Å². The van der Waals surface area contributed by atoms with E-state index < -0.39 is 0 Å². The molecular formula is C7H8N4. The van der Waals surface area contributed by atoms with Crippen LogP contribution in [-0.4, -0.2) is 16.4 Å². The molecule has 1 aromatic rings. The number of nitrogen functional groups attached to an aromatic ring is 1. The minimum Gasteiger partial charge on any atom is -0.384 e. The van der Waals surface area contributed by atoms with Crippen LogP contribution in [-0.2, 0) is 0 Å². The molecule has 3 N–H and O–H groups in total. The third-order valence-electron chi connectivity index (χ3n) is 1.57. The van der Waals surface area contributed by atoms with Gasteiger partial charge in [0.15, 0.2) is 0 Å². The highest BCUT2D eigenvalue weighted by atomic mass is 15.2. The van der Waals surface area contributed by atoms with E-state index in [4.69, 9.17) is 5.73 Å². The van der Waals surface area contributed by atoms with E-state index in [1.807, 2.05) is 6.21 Å². The van der Waals surface area contributed by atoms with E-state index in [-0.39, 0.29) is 0 Å². The summed E-state index contributed by atoms with van der Waals surface area (Å²) in [5.41, 5.74) is 7.46. The first-order chi connectivity index (χ1) is 5.36. The average molecular weight is 148 g/mol. The lowest BCUT2D eigenvalue weighted by Crippen LogP contribution is -1.81. The van der Waals surface area contributed by atoms with Gasteiger partial charge in [0, 0.05) is 30.5 Å². The molecule has 0 spiro atoms. The van der Waals surface area contributed by atoms with Gasteiger partial charge in [-0.1, -0.05) is 0 Å². The molecule has 0 saturated carbocycles. The fourth-order valence-electron chi connectivity index (χ4n) is 1.02.